The lowest BCUT2D eigenvalue weighted by molar-refractivity contribution is 0.0891. The van der Waals surface area contributed by atoms with E-state index in [4.69, 9.17) is 15.2 Å². The summed E-state index contributed by atoms with van der Waals surface area (Å²) in [5.74, 6) is 0.259. The second-order valence-electron chi connectivity index (χ2n) is 4.37. The summed E-state index contributed by atoms with van der Waals surface area (Å²) in [6.07, 6.45) is 0. The SMILES string of the molecule is COCCN(CCOC)C(CN)c1cccc(O)c1. The quantitative estimate of drug-likeness (QED) is 0.699. The predicted octanol–water partition coefficient (Wildman–Crippen LogP) is 0.987. The van der Waals surface area contributed by atoms with Gasteiger partial charge >= 0.3 is 0 Å². The van der Waals surface area contributed by atoms with E-state index in [2.05, 4.69) is 4.90 Å². The molecule has 1 atom stereocenters. The third-order valence-electron chi connectivity index (χ3n) is 3.08. The lowest BCUT2D eigenvalue weighted by atomic mass is 10.0. The number of methoxy groups -OCH3 is 2. The minimum atomic E-state index is 0.0531. The van der Waals surface area contributed by atoms with Crippen molar-refractivity contribution in [3.05, 3.63) is 29.8 Å². The summed E-state index contributed by atoms with van der Waals surface area (Å²) in [7, 11) is 3.36. The third kappa shape index (κ3) is 5.16. The first-order valence-electron chi connectivity index (χ1n) is 6.43. The molecule has 0 radical (unpaired) electrons. The van der Waals surface area contributed by atoms with Crippen LogP contribution in [0.4, 0.5) is 0 Å². The van der Waals surface area contributed by atoms with E-state index < -0.39 is 0 Å². The topological polar surface area (TPSA) is 68.0 Å². The molecule has 0 fully saturated rings. The standard InChI is InChI=1S/C14H24N2O3/c1-18-8-6-16(7-9-19-2)14(11-15)12-4-3-5-13(17)10-12/h3-5,10,14,17H,6-9,11,15H2,1-2H3. The Balaban J connectivity index is 2.81. The van der Waals surface area contributed by atoms with Crippen LogP contribution >= 0.6 is 0 Å². The van der Waals surface area contributed by atoms with Crippen molar-refractivity contribution in [1.82, 2.24) is 4.90 Å². The molecule has 0 aliphatic carbocycles. The number of phenolic OH excluding ortho intramolecular Hbond substituents is 1. The van der Waals surface area contributed by atoms with Gasteiger partial charge in [-0.15, -0.1) is 0 Å². The van der Waals surface area contributed by atoms with E-state index in [1.807, 2.05) is 12.1 Å². The van der Waals surface area contributed by atoms with Crippen LogP contribution in [0.2, 0.25) is 0 Å². The number of hydrogen-bond donors (Lipinski definition) is 2. The largest absolute Gasteiger partial charge is 0.508 e. The Bertz CT molecular complexity index is 352. The van der Waals surface area contributed by atoms with Gasteiger partial charge in [0.2, 0.25) is 0 Å². The second-order valence-corrected chi connectivity index (χ2v) is 4.37. The van der Waals surface area contributed by atoms with Crippen molar-refractivity contribution < 1.29 is 14.6 Å². The molecule has 0 saturated carbocycles. The van der Waals surface area contributed by atoms with Crippen molar-refractivity contribution >= 4 is 0 Å². The van der Waals surface area contributed by atoms with Gasteiger partial charge in [0.15, 0.2) is 0 Å². The van der Waals surface area contributed by atoms with Crippen LogP contribution in [0.3, 0.4) is 0 Å². The molecule has 108 valence electrons. The molecule has 1 aromatic carbocycles. The summed E-state index contributed by atoms with van der Waals surface area (Å²) in [4.78, 5) is 2.21. The number of nitrogens with two attached hydrogens (primary N) is 1. The van der Waals surface area contributed by atoms with E-state index in [0.29, 0.717) is 19.8 Å². The van der Waals surface area contributed by atoms with Crippen LogP contribution in [0.25, 0.3) is 0 Å². The Hall–Kier alpha value is -1.14. The highest BCUT2D eigenvalue weighted by molar-refractivity contribution is 5.29. The van der Waals surface area contributed by atoms with Gasteiger partial charge in [0.25, 0.3) is 0 Å². The lowest BCUT2D eigenvalue weighted by Crippen LogP contribution is -2.38. The molecule has 1 unspecified atom stereocenters. The zero-order chi connectivity index (χ0) is 14.1. The molecule has 1 rings (SSSR count). The second kappa shape index (κ2) is 8.87. The molecule has 5 nitrogen and oxygen atoms in total. The monoisotopic (exact) mass is 268 g/mol. The summed E-state index contributed by atoms with van der Waals surface area (Å²) < 4.78 is 10.3. The molecule has 3 N–H and O–H groups in total. The molecule has 0 aromatic heterocycles. The van der Waals surface area contributed by atoms with Gasteiger partial charge in [0.05, 0.1) is 13.2 Å². The number of ether oxygens (including phenoxy) is 2. The van der Waals surface area contributed by atoms with Gasteiger partial charge in [-0.3, -0.25) is 4.90 Å². The van der Waals surface area contributed by atoms with Gasteiger partial charge in [-0.05, 0) is 17.7 Å². The Kier molecular flexibility index (Phi) is 7.43. The van der Waals surface area contributed by atoms with Crippen LogP contribution in [0.1, 0.15) is 11.6 Å². The molecule has 19 heavy (non-hydrogen) atoms. The van der Waals surface area contributed by atoms with Crippen LogP contribution in [-0.2, 0) is 9.47 Å². The minimum Gasteiger partial charge on any atom is -0.508 e. The van der Waals surface area contributed by atoms with E-state index in [1.165, 1.54) is 0 Å². The molecule has 0 spiro atoms. The maximum Gasteiger partial charge on any atom is 0.115 e. The maximum absolute atomic E-state index is 9.58. The van der Waals surface area contributed by atoms with Crippen molar-refractivity contribution in [2.24, 2.45) is 5.73 Å². The van der Waals surface area contributed by atoms with Crippen molar-refractivity contribution in [1.29, 1.82) is 0 Å². The van der Waals surface area contributed by atoms with Crippen LogP contribution in [0.15, 0.2) is 24.3 Å². The molecule has 0 heterocycles. The smallest absolute Gasteiger partial charge is 0.115 e. The van der Waals surface area contributed by atoms with Crippen LogP contribution < -0.4 is 5.73 Å². The fourth-order valence-electron chi connectivity index (χ4n) is 2.07. The van der Waals surface area contributed by atoms with Gasteiger partial charge in [-0.2, -0.15) is 0 Å². The lowest BCUT2D eigenvalue weighted by Gasteiger charge is -2.31. The van der Waals surface area contributed by atoms with Gasteiger partial charge in [-0.25, -0.2) is 0 Å². The zero-order valence-corrected chi connectivity index (χ0v) is 11.7. The van der Waals surface area contributed by atoms with Gasteiger partial charge in [-0.1, -0.05) is 12.1 Å². The average Bonchev–Trinajstić information content (AvgIpc) is 2.42. The number of benzene rings is 1. The fraction of sp³-hybridized carbons (Fsp3) is 0.571. The summed E-state index contributed by atoms with van der Waals surface area (Å²) in [6, 6.07) is 7.27. The Labute approximate surface area is 114 Å². The Morgan fingerprint density at radius 2 is 1.84 bits per heavy atom. The average molecular weight is 268 g/mol. The first-order chi connectivity index (χ1) is 9.22. The highest BCUT2D eigenvalue weighted by Gasteiger charge is 2.18. The molecule has 0 amide bonds. The number of phenols is 1. The predicted molar refractivity (Wildman–Crippen MR) is 75.2 cm³/mol. The number of rotatable bonds is 9. The number of hydrogen-bond acceptors (Lipinski definition) is 5. The third-order valence-corrected chi connectivity index (χ3v) is 3.08. The van der Waals surface area contributed by atoms with Gasteiger partial charge < -0.3 is 20.3 Å². The highest BCUT2D eigenvalue weighted by Crippen LogP contribution is 2.22. The van der Waals surface area contributed by atoms with Crippen molar-refractivity contribution in [2.75, 3.05) is 47.1 Å². The molecule has 0 saturated heterocycles. The van der Waals surface area contributed by atoms with E-state index in [1.54, 1.807) is 26.4 Å². The zero-order valence-electron chi connectivity index (χ0n) is 11.7. The van der Waals surface area contributed by atoms with Crippen LogP contribution in [-0.4, -0.2) is 57.1 Å². The number of aromatic hydroxyl groups is 1. The Morgan fingerprint density at radius 1 is 1.21 bits per heavy atom. The Morgan fingerprint density at radius 3 is 2.32 bits per heavy atom. The molecule has 0 aliphatic rings. The summed E-state index contributed by atoms with van der Waals surface area (Å²) in [5, 5.41) is 9.58. The normalized spacial score (nSPS) is 12.8. The highest BCUT2D eigenvalue weighted by atomic mass is 16.5. The number of nitrogens with zero attached hydrogens (tertiary/aromatic N) is 1. The van der Waals surface area contributed by atoms with Crippen molar-refractivity contribution in [3.8, 4) is 5.75 Å². The summed E-state index contributed by atoms with van der Waals surface area (Å²) in [5.41, 5.74) is 6.90. The van der Waals surface area contributed by atoms with E-state index in [9.17, 15) is 5.11 Å². The molecule has 0 aliphatic heterocycles. The molecular formula is C14H24N2O3. The van der Waals surface area contributed by atoms with E-state index in [0.717, 1.165) is 18.7 Å². The minimum absolute atomic E-state index is 0.0531. The summed E-state index contributed by atoms with van der Waals surface area (Å²) in [6.45, 7) is 3.31. The summed E-state index contributed by atoms with van der Waals surface area (Å²) >= 11 is 0. The molecular weight excluding hydrogens is 244 g/mol. The van der Waals surface area contributed by atoms with Crippen LogP contribution in [0, 0.1) is 0 Å². The first-order valence-corrected chi connectivity index (χ1v) is 6.43. The van der Waals surface area contributed by atoms with Crippen molar-refractivity contribution in [3.63, 3.8) is 0 Å². The maximum atomic E-state index is 9.58. The van der Waals surface area contributed by atoms with E-state index in [-0.39, 0.29) is 11.8 Å². The first kappa shape index (κ1) is 15.9. The molecule has 5 heteroatoms. The fourth-order valence-corrected chi connectivity index (χ4v) is 2.07. The molecule has 1 aromatic rings. The van der Waals surface area contributed by atoms with Crippen molar-refractivity contribution in [2.45, 2.75) is 6.04 Å². The van der Waals surface area contributed by atoms with Gasteiger partial charge in [0, 0.05) is 39.9 Å². The van der Waals surface area contributed by atoms with Crippen LogP contribution in [0.5, 0.6) is 5.75 Å². The van der Waals surface area contributed by atoms with Gasteiger partial charge in [0.1, 0.15) is 5.75 Å². The molecule has 0 bridgehead atoms. The van der Waals surface area contributed by atoms with E-state index >= 15 is 0 Å².